The van der Waals surface area contributed by atoms with Crippen LogP contribution in [0.15, 0.2) is 57.6 Å². The fourth-order valence-corrected chi connectivity index (χ4v) is 2.00. The van der Waals surface area contributed by atoms with Gasteiger partial charge in [-0.05, 0) is 24.1 Å². The van der Waals surface area contributed by atoms with E-state index < -0.39 is 5.91 Å². The monoisotopic (exact) mass is 297 g/mol. The van der Waals surface area contributed by atoms with E-state index in [1.54, 1.807) is 18.4 Å². The lowest BCUT2D eigenvalue weighted by Gasteiger charge is -1.99. The van der Waals surface area contributed by atoms with Crippen LogP contribution in [0, 0.1) is 0 Å². The van der Waals surface area contributed by atoms with Gasteiger partial charge in [0.25, 0.3) is 0 Å². The fourth-order valence-electron chi connectivity index (χ4n) is 2.00. The van der Waals surface area contributed by atoms with Gasteiger partial charge in [-0.15, -0.1) is 10.2 Å². The van der Waals surface area contributed by atoms with Crippen molar-refractivity contribution in [2.45, 2.75) is 19.4 Å². The Morgan fingerprint density at radius 2 is 1.91 bits per heavy atom. The van der Waals surface area contributed by atoms with Gasteiger partial charge in [-0.1, -0.05) is 30.3 Å². The second kappa shape index (κ2) is 6.71. The van der Waals surface area contributed by atoms with Gasteiger partial charge in [0.1, 0.15) is 5.76 Å². The van der Waals surface area contributed by atoms with Crippen LogP contribution in [0.5, 0.6) is 0 Å². The van der Waals surface area contributed by atoms with Crippen LogP contribution in [0.4, 0.5) is 0 Å². The Morgan fingerprint density at radius 3 is 2.68 bits per heavy atom. The van der Waals surface area contributed by atoms with Crippen molar-refractivity contribution in [1.29, 1.82) is 0 Å². The fraction of sp³-hybridized carbons (Fsp3) is 0.188. The zero-order chi connectivity index (χ0) is 15.2. The van der Waals surface area contributed by atoms with E-state index in [1.165, 1.54) is 5.56 Å². The predicted octanol–water partition coefficient (Wildman–Crippen LogP) is 2.38. The van der Waals surface area contributed by atoms with Crippen LogP contribution in [0.2, 0.25) is 0 Å². The molecule has 3 aromatic rings. The van der Waals surface area contributed by atoms with Crippen molar-refractivity contribution in [3.05, 3.63) is 71.8 Å². The van der Waals surface area contributed by atoms with Crippen LogP contribution in [0.3, 0.4) is 0 Å². The maximum absolute atomic E-state index is 11.9. The topological polar surface area (TPSA) is 81.2 Å². The second-order valence-corrected chi connectivity index (χ2v) is 4.75. The predicted molar refractivity (Wildman–Crippen MR) is 78.0 cm³/mol. The number of nitrogens with zero attached hydrogens (tertiary/aromatic N) is 2. The molecule has 3 rings (SSSR count). The summed E-state index contributed by atoms with van der Waals surface area (Å²) in [7, 11) is 0. The Hall–Kier alpha value is -2.89. The number of rotatable bonds is 6. The lowest BCUT2D eigenvalue weighted by molar-refractivity contribution is 0.0911. The molecule has 6 nitrogen and oxygen atoms in total. The molecule has 0 atom stereocenters. The van der Waals surface area contributed by atoms with Gasteiger partial charge >= 0.3 is 11.8 Å². The standard InChI is InChI=1S/C16H15N3O3/c20-15(17-11-13-7-4-10-21-13)16-19-18-14(22-16)9-8-12-5-2-1-3-6-12/h1-7,10H,8-9,11H2,(H,17,20). The van der Waals surface area contributed by atoms with E-state index in [2.05, 4.69) is 15.5 Å². The van der Waals surface area contributed by atoms with Crippen molar-refractivity contribution < 1.29 is 13.6 Å². The summed E-state index contributed by atoms with van der Waals surface area (Å²) >= 11 is 0. The van der Waals surface area contributed by atoms with Crippen LogP contribution in [-0.2, 0) is 19.4 Å². The van der Waals surface area contributed by atoms with Crippen molar-refractivity contribution >= 4 is 5.91 Å². The molecule has 1 aromatic carbocycles. The highest BCUT2D eigenvalue weighted by Crippen LogP contribution is 2.07. The summed E-state index contributed by atoms with van der Waals surface area (Å²) in [6, 6.07) is 13.5. The van der Waals surface area contributed by atoms with Crippen LogP contribution in [0.25, 0.3) is 0 Å². The molecule has 0 aliphatic rings. The van der Waals surface area contributed by atoms with Crippen LogP contribution in [-0.4, -0.2) is 16.1 Å². The van der Waals surface area contributed by atoms with Crippen molar-refractivity contribution in [3.8, 4) is 0 Å². The smallest absolute Gasteiger partial charge is 0.309 e. The molecule has 0 radical (unpaired) electrons. The minimum atomic E-state index is -0.408. The highest BCUT2D eigenvalue weighted by molar-refractivity contribution is 5.89. The van der Waals surface area contributed by atoms with Gasteiger partial charge in [-0.25, -0.2) is 0 Å². The zero-order valence-electron chi connectivity index (χ0n) is 11.9. The number of nitrogens with one attached hydrogen (secondary N) is 1. The van der Waals surface area contributed by atoms with Crippen molar-refractivity contribution in [2.75, 3.05) is 0 Å². The zero-order valence-corrected chi connectivity index (χ0v) is 11.9. The summed E-state index contributed by atoms with van der Waals surface area (Å²) < 4.78 is 10.5. The summed E-state index contributed by atoms with van der Waals surface area (Å²) in [5.41, 5.74) is 1.18. The molecule has 0 aliphatic heterocycles. The molecule has 0 saturated heterocycles. The molecule has 112 valence electrons. The molecule has 6 heteroatoms. The molecule has 2 heterocycles. The van der Waals surface area contributed by atoms with Gasteiger partial charge in [0.15, 0.2) is 0 Å². The van der Waals surface area contributed by atoms with E-state index in [9.17, 15) is 4.79 Å². The van der Waals surface area contributed by atoms with E-state index in [-0.39, 0.29) is 12.4 Å². The van der Waals surface area contributed by atoms with Crippen molar-refractivity contribution in [3.63, 3.8) is 0 Å². The average molecular weight is 297 g/mol. The number of carbonyl (C=O) groups is 1. The molecule has 1 N–H and O–H groups in total. The van der Waals surface area contributed by atoms with E-state index in [0.717, 1.165) is 6.42 Å². The molecule has 1 amide bonds. The number of benzene rings is 1. The van der Waals surface area contributed by atoms with Gasteiger partial charge < -0.3 is 14.2 Å². The highest BCUT2D eigenvalue weighted by Gasteiger charge is 2.14. The third-order valence-corrected chi connectivity index (χ3v) is 3.13. The first kappa shape index (κ1) is 14.1. The summed E-state index contributed by atoms with van der Waals surface area (Å²) in [5.74, 6) is 0.675. The molecular formula is C16H15N3O3. The quantitative estimate of drug-likeness (QED) is 0.755. The first-order chi connectivity index (χ1) is 10.8. The third kappa shape index (κ3) is 3.60. The van der Waals surface area contributed by atoms with Gasteiger partial charge in [0.05, 0.1) is 12.8 Å². The lowest BCUT2D eigenvalue weighted by Crippen LogP contribution is -2.22. The third-order valence-electron chi connectivity index (χ3n) is 3.13. The molecule has 0 saturated carbocycles. The van der Waals surface area contributed by atoms with E-state index in [4.69, 9.17) is 8.83 Å². The van der Waals surface area contributed by atoms with E-state index in [1.807, 2.05) is 30.3 Å². The van der Waals surface area contributed by atoms with Crippen molar-refractivity contribution in [1.82, 2.24) is 15.5 Å². The molecule has 2 aromatic heterocycles. The maximum atomic E-state index is 11.9. The Morgan fingerprint density at radius 1 is 1.05 bits per heavy atom. The molecule has 0 spiro atoms. The van der Waals surface area contributed by atoms with Gasteiger partial charge in [0.2, 0.25) is 5.89 Å². The molecular weight excluding hydrogens is 282 g/mol. The van der Waals surface area contributed by atoms with Crippen LogP contribution < -0.4 is 5.32 Å². The Bertz CT molecular complexity index is 720. The molecule has 0 aliphatic carbocycles. The molecule has 0 fully saturated rings. The molecule has 0 unspecified atom stereocenters. The second-order valence-electron chi connectivity index (χ2n) is 4.75. The Balaban J connectivity index is 1.53. The minimum Gasteiger partial charge on any atom is -0.467 e. The normalized spacial score (nSPS) is 10.5. The number of hydrogen-bond donors (Lipinski definition) is 1. The number of carbonyl (C=O) groups excluding carboxylic acids is 1. The molecule has 0 bridgehead atoms. The van der Waals surface area contributed by atoms with Gasteiger partial charge in [-0.2, -0.15) is 0 Å². The summed E-state index contributed by atoms with van der Waals surface area (Å²) in [5, 5.41) is 10.3. The first-order valence-corrected chi connectivity index (χ1v) is 6.98. The number of aryl methyl sites for hydroxylation is 2. The lowest BCUT2D eigenvalue weighted by atomic mass is 10.1. The summed E-state index contributed by atoms with van der Waals surface area (Å²) in [6.07, 6.45) is 2.94. The summed E-state index contributed by atoms with van der Waals surface area (Å²) in [6.45, 7) is 0.285. The Labute approximate surface area is 127 Å². The summed E-state index contributed by atoms with van der Waals surface area (Å²) in [4.78, 5) is 11.9. The Kier molecular flexibility index (Phi) is 4.29. The van der Waals surface area contributed by atoms with Crippen LogP contribution >= 0.6 is 0 Å². The van der Waals surface area contributed by atoms with Crippen molar-refractivity contribution in [2.24, 2.45) is 0 Å². The number of amides is 1. The van der Waals surface area contributed by atoms with Crippen LogP contribution in [0.1, 0.15) is 27.9 Å². The number of furan rings is 1. The number of aromatic nitrogens is 2. The first-order valence-electron chi connectivity index (χ1n) is 6.98. The van der Waals surface area contributed by atoms with E-state index >= 15 is 0 Å². The SMILES string of the molecule is O=C(NCc1ccco1)c1nnc(CCc2ccccc2)o1. The average Bonchev–Trinajstić information content (AvgIpc) is 3.23. The maximum Gasteiger partial charge on any atom is 0.309 e. The largest absolute Gasteiger partial charge is 0.467 e. The van der Waals surface area contributed by atoms with Gasteiger partial charge in [-0.3, -0.25) is 4.79 Å². The highest BCUT2D eigenvalue weighted by atomic mass is 16.4. The molecule has 22 heavy (non-hydrogen) atoms. The van der Waals surface area contributed by atoms with E-state index in [0.29, 0.717) is 18.1 Å². The van der Waals surface area contributed by atoms with Gasteiger partial charge in [0, 0.05) is 6.42 Å². The minimum absolute atomic E-state index is 0.0328. The number of hydrogen-bond acceptors (Lipinski definition) is 5.